The Hall–Kier alpha value is -2.40. The predicted molar refractivity (Wildman–Crippen MR) is 94.1 cm³/mol. The summed E-state index contributed by atoms with van der Waals surface area (Å²) < 4.78 is 7.49. The highest BCUT2D eigenvalue weighted by molar-refractivity contribution is 6.30. The van der Waals surface area contributed by atoms with Gasteiger partial charge in [0.25, 0.3) is 0 Å². The minimum atomic E-state index is 0.502. The third kappa shape index (κ3) is 2.45. The van der Waals surface area contributed by atoms with E-state index in [4.69, 9.17) is 21.3 Å². The molecule has 2 aromatic rings. The Morgan fingerprint density at radius 3 is 2.79 bits per heavy atom. The van der Waals surface area contributed by atoms with Gasteiger partial charge in [0.05, 0.1) is 18.5 Å². The summed E-state index contributed by atoms with van der Waals surface area (Å²) in [7, 11) is 1.67. The van der Waals surface area contributed by atoms with Crippen molar-refractivity contribution >= 4 is 17.3 Å². The number of aryl methyl sites for hydroxylation is 1. The quantitative estimate of drug-likeness (QED) is 0.837. The fourth-order valence-corrected chi connectivity index (χ4v) is 3.32. The number of hydrogen-bond acceptors (Lipinski definition) is 4. The molecule has 0 amide bonds. The summed E-state index contributed by atoms with van der Waals surface area (Å²) in [6.07, 6.45) is 5.74. The molecule has 1 aromatic carbocycles. The second-order valence-corrected chi connectivity index (χ2v) is 6.34. The van der Waals surface area contributed by atoms with Crippen LogP contribution in [0.2, 0.25) is 0 Å². The van der Waals surface area contributed by atoms with Crippen molar-refractivity contribution in [1.29, 1.82) is 0 Å². The first-order valence-electron chi connectivity index (χ1n) is 7.87. The number of aliphatic imine (C=N–C) groups is 1. The summed E-state index contributed by atoms with van der Waals surface area (Å²) in [6.45, 7) is 2.46. The van der Waals surface area contributed by atoms with Crippen LogP contribution in [0, 0.1) is 6.92 Å². The molecular weight excluding hydrogens is 324 g/mol. The molecule has 0 saturated carbocycles. The molecule has 0 bridgehead atoms. The number of hydrogen-bond donors (Lipinski definition) is 0. The van der Waals surface area contributed by atoms with Gasteiger partial charge in [0.1, 0.15) is 18.1 Å². The summed E-state index contributed by atoms with van der Waals surface area (Å²) in [5, 5.41) is 9.35. The molecule has 0 N–H and O–H groups in total. The zero-order valence-corrected chi connectivity index (χ0v) is 14.3. The van der Waals surface area contributed by atoms with E-state index >= 15 is 0 Å². The number of nitrogens with zero attached hydrogens (tertiary/aromatic N) is 4. The van der Waals surface area contributed by atoms with Crippen molar-refractivity contribution in [1.82, 2.24) is 14.8 Å². The number of benzene rings is 1. The minimum Gasteiger partial charge on any atom is -0.497 e. The van der Waals surface area contributed by atoms with Gasteiger partial charge in [0, 0.05) is 10.6 Å². The van der Waals surface area contributed by atoms with Gasteiger partial charge in [0.15, 0.2) is 5.82 Å². The normalized spacial score (nSPS) is 16.4. The molecule has 0 unspecified atom stereocenters. The van der Waals surface area contributed by atoms with E-state index in [2.05, 4.69) is 20.8 Å². The molecular formula is C18H17ClN4O. The van der Waals surface area contributed by atoms with Gasteiger partial charge < -0.3 is 4.74 Å². The van der Waals surface area contributed by atoms with E-state index < -0.39 is 0 Å². The van der Waals surface area contributed by atoms with Crippen molar-refractivity contribution in [2.75, 3.05) is 7.11 Å². The highest BCUT2D eigenvalue weighted by atomic mass is 35.5. The molecule has 5 nitrogen and oxygen atoms in total. The largest absolute Gasteiger partial charge is 0.497 e. The zero-order chi connectivity index (χ0) is 16.7. The van der Waals surface area contributed by atoms with Gasteiger partial charge >= 0.3 is 0 Å². The van der Waals surface area contributed by atoms with Crippen LogP contribution in [0.25, 0.3) is 5.69 Å². The highest BCUT2D eigenvalue weighted by Crippen LogP contribution is 2.31. The van der Waals surface area contributed by atoms with Crippen molar-refractivity contribution in [3.8, 4) is 11.4 Å². The summed E-state index contributed by atoms with van der Waals surface area (Å²) in [5.41, 5.74) is 4.24. The van der Waals surface area contributed by atoms with E-state index in [1.54, 1.807) is 7.11 Å². The molecule has 1 aliphatic heterocycles. The molecule has 0 fully saturated rings. The summed E-state index contributed by atoms with van der Waals surface area (Å²) >= 11 is 6.11. The number of allylic oxidation sites excluding steroid dienone is 4. The first kappa shape index (κ1) is 15.1. The molecule has 24 heavy (non-hydrogen) atoms. The third-order valence-electron chi connectivity index (χ3n) is 4.37. The van der Waals surface area contributed by atoms with Crippen LogP contribution in [0.4, 0.5) is 0 Å². The van der Waals surface area contributed by atoms with Crippen LogP contribution in [0.1, 0.15) is 30.1 Å². The molecule has 2 heterocycles. The lowest BCUT2D eigenvalue weighted by Crippen LogP contribution is -2.11. The molecule has 2 aliphatic rings. The first-order valence-corrected chi connectivity index (χ1v) is 8.25. The zero-order valence-electron chi connectivity index (χ0n) is 13.6. The maximum absolute atomic E-state index is 6.11. The summed E-state index contributed by atoms with van der Waals surface area (Å²) in [6, 6.07) is 6.03. The van der Waals surface area contributed by atoms with Gasteiger partial charge in [0.2, 0.25) is 0 Å². The van der Waals surface area contributed by atoms with E-state index in [-0.39, 0.29) is 0 Å². The van der Waals surface area contributed by atoms with Crippen LogP contribution in [-0.2, 0) is 6.54 Å². The Bertz CT molecular complexity index is 908. The third-order valence-corrected chi connectivity index (χ3v) is 4.69. The van der Waals surface area contributed by atoms with Gasteiger partial charge in [-0.3, -0.25) is 9.56 Å². The number of methoxy groups -OCH3 is 1. The number of ether oxygens (including phenoxy) is 1. The predicted octanol–water partition coefficient (Wildman–Crippen LogP) is 3.73. The molecule has 6 heteroatoms. The molecule has 1 aromatic heterocycles. The Kier molecular flexibility index (Phi) is 3.73. The maximum Gasteiger partial charge on any atom is 0.159 e. The molecule has 1 aliphatic carbocycles. The molecule has 0 atom stereocenters. The Morgan fingerprint density at radius 2 is 2.04 bits per heavy atom. The second kappa shape index (κ2) is 5.91. The van der Waals surface area contributed by atoms with Crippen molar-refractivity contribution < 1.29 is 4.74 Å². The molecule has 4 rings (SSSR count). The van der Waals surface area contributed by atoms with Gasteiger partial charge in [-0.2, -0.15) is 0 Å². The van der Waals surface area contributed by atoms with Crippen molar-refractivity contribution in [3.63, 3.8) is 0 Å². The maximum atomic E-state index is 6.11. The lowest BCUT2D eigenvalue weighted by Gasteiger charge is -2.17. The summed E-state index contributed by atoms with van der Waals surface area (Å²) in [5.74, 6) is 2.51. The number of rotatable bonds is 2. The molecule has 122 valence electrons. The van der Waals surface area contributed by atoms with E-state index in [1.807, 2.05) is 31.2 Å². The smallest absolute Gasteiger partial charge is 0.159 e. The van der Waals surface area contributed by atoms with Gasteiger partial charge in [-0.05, 0) is 49.6 Å². The minimum absolute atomic E-state index is 0.502. The molecule has 0 spiro atoms. The number of halogens is 1. The monoisotopic (exact) mass is 340 g/mol. The van der Waals surface area contributed by atoms with E-state index in [0.717, 1.165) is 52.2 Å². The molecule has 0 saturated heterocycles. The van der Waals surface area contributed by atoms with Gasteiger partial charge in [-0.25, -0.2) is 0 Å². The highest BCUT2D eigenvalue weighted by Gasteiger charge is 2.23. The van der Waals surface area contributed by atoms with Crippen molar-refractivity contribution in [2.24, 2.45) is 4.99 Å². The average molecular weight is 341 g/mol. The second-order valence-electron chi connectivity index (χ2n) is 5.85. The number of fused-ring (bicyclic) bond motifs is 3. The lowest BCUT2D eigenvalue weighted by atomic mass is 9.94. The fourth-order valence-electron chi connectivity index (χ4n) is 3.17. The average Bonchev–Trinajstić information content (AvgIpc) is 2.88. The van der Waals surface area contributed by atoms with Crippen molar-refractivity contribution in [3.05, 3.63) is 58.2 Å². The SMILES string of the molecule is COc1ccc2c(c1)C(C1=CC=C(Cl)CC1)=NCc1nnc(C)n1-2. The van der Waals surface area contributed by atoms with E-state index in [1.165, 1.54) is 5.57 Å². The van der Waals surface area contributed by atoms with Crippen molar-refractivity contribution in [2.45, 2.75) is 26.3 Å². The lowest BCUT2D eigenvalue weighted by molar-refractivity contribution is 0.414. The standard InChI is InChI=1S/C18H17ClN4O/c1-11-21-22-17-10-20-18(12-3-5-13(19)6-4-12)15-9-14(24-2)7-8-16(15)23(11)17/h3,5,7-9H,4,6,10H2,1-2H3. The van der Waals surface area contributed by atoms with Gasteiger partial charge in [-0.1, -0.05) is 17.7 Å². The van der Waals surface area contributed by atoms with Crippen LogP contribution in [-0.4, -0.2) is 27.6 Å². The van der Waals surface area contributed by atoms with Crippen LogP contribution < -0.4 is 4.74 Å². The van der Waals surface area contributed by atoms with Crippen LogP contribution in [0.15, 0.2) is 45.9 Å². The fraction of sp³-hybridized carbons (Fsp3) is 0.278. The van der Waals surface area contributed by atoms with Crippen LogP contribution in [0.5, 0.6) is 5.75 Å². The number of aromatic nitrogens is 3. The Balaban J connectivity index is 1.93. The first-order chi connectivity index (χ1) is 11.7. The van der Waals surface area contributed by atoms with E-state index in [9.17, 15) is 0 Å². The molecule has 0 radical (unpaired) electrons. The Labute approximate surface area is 145 Å². The summed E-state index contributed by atoms with van der Waals surface area (Å²) in [4.78, 5) is 4.84. The van der Waals surface area contributed by atoms with E-state index in [0.29, 0.717) is 6.54 Å². The van der Waals surface area contributed by atoms with Gasteiger partial charge in [-0.15, -0.1) is 10.2 Å². The topological polar surface area (TPSA) is 52.3 Å². The van der Waals surface area contributed by atoms with Crippen LogP contribution >= 0.6 is 11.6 Å². The van der Waals surface area contributed by atoms with Crippen LogP contribution in [0.3, 0.4) is 0 Å². The Morgan fingerprint density at radius 1 is 1.17 bits per heavy atom.